The highest BCUT2D eigenvalue weighted by Crippen LogP contribution is 2.24. The topological polar surface area (TPSA) is 89.3 Å². The third kappa shape index (κ3) is 4.14. The molecule has 0 atom stereocenters. The Morgan fingerprint density at radius 2 is 2.08 bits per heavy atom. The number of carbonyl (C=O) groups excluding carboxylic acids is 1. The van der Waals surface area contributed by atoms with Crippen LogP contribution in [0.4, 0.5) is 17.2 Å². The molecule has 0 aliphatic heterocycles. The summed E-state index contributed by atoms with van der Waals surface area (Å²) < 4.78 is 10.5. The van der Waals surface area contributed by atoms with Crippen LogP contribution in [0.2, 0.25) is 0 Å². The molecule has 2 N–H and O–H groups in total. The second-order valence-electron chi connectivity index (χ2n) is 5.26. The third-order valence-electron chi connectivity index (χ3n) is 3.33. The van der Waals surface area contributed by atoms with Gasteiger partial charge in [-0.1, -0.05) is 17.3 Å². The van der Waals surface area contributed by atoms with Crippen LogP contribution in [0, 0.1) is 6.92 Å². The summed E-state index contributed by atoms with van der Waals surface area (Å²) in [5, 5.41) is 9.70. The van der Waals surface area contributed by atoms with E-state index in [-0.39, 0.29) is 5.91 Å². The molecule has 0 spiro atoms. The molecule has 0 aliphatic rings. The fraction of sp³-hybridized carbons (Fsp3) is 0.167. The van der Waals surface area contributed by atoms with Crippen LogP contribution in [0.25, 0.3) is 0 Å². The molecule has 7 nitrogen and oxygen atoms in total. The molecule has 0 saturated carbocycles. The first-order valence-electron chi connectivity index (χ1n) is 7.85. The van der Waals surface area contributed by atoms with Crippen molar-refractivity contribution in [2.45, 2.75) is 13.8 Å². The number of aromatic nitrogens is 2. The van der Waals surface area contributed by atoms with Crippen molar-refractivity contribution in [1.29, 1.82) is 0 Å². The highest BCUT2D eigenvalue weighted by molar-refractivity contribution is 6.03. The summed E-state index contributed by atoms with van der Waals surface area (Å²) in [4.78, 5) is 16.5. The number of hydrogen-bond donors (Lipinski definition) is 2. The summed E-state index contributed by atoms with van der Waals surface area (Å²) in [6.45, 7) is 4.22. The van der Waals surface area contributed by atoms with Crippen molar-refractivity contribution in [1.82, 2.24) is 10.1 Å². The molecule has 1 aromatic carbocycles. The number of pyridine rings is 1. The molecule has 7 heteroatoms. The summed E-state index contributed by atoms with van der Waals surface area (Å²) in [6, 6.07) is 12.4. The van der Waals surface area contributed by atoms with Gasteiger partial charge in [-0.25, -0.2) is 4.98 Å². The molecule has 128 valence electrons. The van der Waals surface area contributed by atoms with Crippen LogP contribution in [0.3, 0.4) is 0 Å². The van der Waals surface area contributed by atoms with Gasteiger partial charge in [0.05, 0.1) is 24.2 Å². The summed E-state index contributed by atoms with van der Waals surface area (Å²) in [6.07, 6.45) is 1.56. The fourth-order valence-corrected chi connectivity index (χ4v) is 2.21. The summed E-state index contributed by atoms with van der Waals surface area (Å²) >= 11 is 0. The van der Waals surface area contributed by atoms with Crippen LogP contribution in [-0.4, -0.2) is 22.7 Å². The molecule has 2 heterocycles. The van der Waals surface area contributed by atoms with E-state index >= 15 is 0 Å². The monoisotopic (exact) mass is 338 g/mol. The highest BCUT2D eigenvalue weighted by Gasteiger charge is 2.11. The first-order valence-corrected chi connectivity index (χ1v) is 7.85. The predicted molar refractivity (Wildman–Crippen MR) is 94.3 cm³/mol. The molecule has 0 fully saturated rings. The minimum Gasteiger partial charge on any atom is -0.492 e. The summed E-state index contributed by atoms with van der Waals surface area (Å²) in [7, 11) is 0. The van der Waals surface area contributed by atoms with E-state index in [0.29, 0.717) is 41.0 Å². The Hall–Kier alpha value is -3.35. The van der Waals surface area contributed by atoms with Gasteiger partial charge < -0.3 is 19.9 Å². The van der Waals surface area contributed by atoms with Gasteiger partial charge in [0, 0.05) is 6.07 Å². The van der Waals surface area contributed by atoms with E-state index in [2.05, 4.69) is 20.8 Å². The Kier molecular flexibility index (Phi) is 4.94. The lowest BCUT2D eigenvalue weighted by atomic mass is 10.2. The van der Waals surface area contributed by atoms with Gasteiger partial charge in [0.2, 0.25) is 0 Å². The minimum atomic E-state index is -0.309. The number of aryl methyl sites for hydroxylation is 1. The molecule has 2 aromatic heterocycles. The van der Waals surface area contributed by atoms with E-state index < -0.39 is 0 Å². The van der Waals surface area contributed by atoms with Crippen LogP contribution < -0.4 is 15.4 Å². The van der Waals surface area contributed by atoms with Crippen LogP contribution in [0.15, 0.2) is 53.2 Å². The van der Waals surface area contributed by atoms with Crippen molar-refractivity contribution in [3.8, 4) is 5.75 Å². The fourth-order valence-electron chi connectivity index (χ4n) is 2.21. The molecular formula is C18H18N4O3. The maximum Gasteiger partial charge on any atom is 0.274 e. The Morgan fingerprint density at radius 1 is 1.24 bits per heavy atom. The quantitative estimate of drug-likeness (QED) is 0.711. The Morgan fingerprint density at radius 3 is 2.76 bits per heavy atom. The zero-order valence-electron chi connectivity index (χ0n) is 13.9. The van der Waals surface area contributed by atoms with Gasteiger partial charge in [-0.05, 0) is 38.1 Å². The number of nitrogens with zero attached hydrogens (tertiary/aromatic N) is 2. The lowest BCUT2D eigenvalue weighted by Gasteiger charge is -2.11. The van der Waals surface area contributed by atoms with Gasteiger partial charge >= 0.3 is 0 Å². The number of benzene rings is 1. The van der Waals surface area contributed by atoms with Crippen molar-refractivity contribution in [3.63, 3.8) is 0 Å². The standard InChI is InChI=1S/C18H18N4O3/c1-3-24-16-7-5-4-6-14(16)21-18(23)15-9-8-13(11-19-15)20-17-10-12(2)25-22-17/h4-11H,3H2,1-2H3,(H,20,22)(H,21,23). The van der Waals surface area contributed by atoms with Crippen LogP contribution in [0.1, 0.15) is 23.2 Å². The number of para-hydroxylation sites is 2. The normalized spacial score (nSPS) is 10.3. The van der Waals surface area contributed by atoms with E-state index in [9.17, 15) is 4.79 Å². The van der Waals surface area contributed by atoms with Gasteiger partial charge in [0.25, 0.3) is 5.91 Å². The van der Waals surface area contributed by atoms with E-state index in [1.54, 1.807) is 36.5 Å². The summed E-state index contributed by atoms with van der Waals surface area (Å²) in [5.74, 6) is 1.61. The van der Waals surface area contributed by atoms with Gasteiger partial charge in [-0.3, -0.25) is 4.79 Å². The third-order valence-corrected chi connectivity index (χ3v) is 3.33. The van der Waals surface area contributed by atoms with Crippen LogP contribution >= 0.6 is 0 Å². The zero-order valence-corrected chi connectivity index (χ0v) is 13.9. The van der Waals surface area contributed by atoms with Crippen LogP contribution in [0.5, 0.6) is 5.75 Å². The van der Waals surface area contributed by atoms with E-state index in [0.717, 1.165) is 0 Å². The van der Waals surface area contributed by atoms with Gasteiger partial charge in [-0.2, -0.15) is 0 Å². The lowest BCUT2D eigenvalue weighted by Crippen LogP contribution is -2.14. The van der Waals surface area contributed by atoms with E-state index in [1.165, 1.54) is 0 Å². The number of ether oxygens (including phenoxy) is 1. The number of nitrogens with one attached hydrogen (secondary N) is 2. The maximum absolute atomic E-state index is 12.4. The molecule has 0 unspecified atom stereocenters. The maximum atomic E-state index is 12.4. The number of anilines is 3. The Bertz CT molecular complexity index is 859. The average Bonchev–Trinajstić information content (AvgIpc) is 3.02. The average molecular weight is 338 g/mol. The molecule has 0 saturated heterocycles. The van der Waals surface area contributed by atoms with Crippen molar-refractivity contribution in [3.05, 3.63) is 60.1 Å². The smallest absolute Gasteiger partial charge is 0.274 e. The van der Waals surface area contributed by atoms with Crippen LogP contribution in [-0.2, 0) is 0 Å². The first kappa shape index (κ1) is 16.5. The summed E-state index contributed by atoms with van der Waals surface area (Å²) in [5.41, 5.74) is 1.61. The second-order valence-corrected chi connectivity index (χ2v) is 5.26. The number of carbonyl (C=O) groups is 1. The van der Waals surface area contributed by atoms with Gasteiger partial charge in [0.15, 0.2) is 5.82 Å². The molecule has 25 heavy (non-hydrogen) atoms. The van der Waals surface area contributed by atoms with Crippen molar-refractivity contribution < 1.29 is 14.1 Å². The minimum absolute atomic E-state index is 0.299. The Labute approximate surface area is 145 Å². The molecule has 1 amide bonds. The largest absolute Gasteiger partial charge is 0.492 e. The number of amides is 1. The predicted octanol–water partition coefficient (Wildman–Crippen LogP) is 3.77. The SMILES string of the molecule is CCOc1ccccc1NC(=O)c1ccc(Nc2cc(C)on2)cn1. The second kappa shape index (κ2) is 7.48. The first-order chi connectivity index (χ1) is 12.2. The van der Waals surface area contributed by atoms with E-state index in [4.69, 9.17) is 9.26 Å². The molecule has 3 aromatic rings. The number of rotatable bonds is 6. The van der Waals surface area contributed by atoms with Crippen molar-refractivity contribution in [2.75, 3.05) is 17.2 Å². The number of hydrogen-bond acceptors (Lipinski definition) is 6. The van der Waals surface area contributed by atoms with E-state index in [1.807, 2.05) is 26.0 Å². The molecule has 0 aliphatic carbocycles. The highest BCUT2D eigenvalue weighted by atomic mass is 16.5. The Balaban J connectivity index is 1.68. The zero-order chi connectivity index (χ0) is 17.6. The van der Waals surface area contributed by atoms with Gasteiger partial charge in [0.1, 0.15) is 17.2 Å². The molecular weight excluding hydrogens is 320 g/mol. The molecule has 0 bridgehead atoms. The molecule has 0 radical (unpaired) electrons. The van der Waals surface area contributed by atoms with Gasteiger partial charge in [-0.15, -0.1) is 0 Å². The van der Waals surface area contributed by atoms with Crippen molar-refractivity contribution in [2.24, 2.45) is 0 Å². The lowest BCUT2D eigenvalue weighted by molar-refractivity contribution is 0.102. The molecule has 3 rings (SSSR count). The van der Waals surface area contributed by atoms with Crippen molar-refractivity contribution >= 4 is 23.1 Å².